The fourth-order valence-corrected chi connectivity index (χ4v) is 3.08. The SMILES string of the molecule is Cc1nc(CN2CCc3nc(-c4cncnc4)[nH]c(=O)c3C2)[nH]c1C. The van der Waals surface area contributed by atoms with Gasteiger partial charge in [0.2, 0.25) is 0 Å². The maximum absolute atomic E-state index is 12.5. The number of hydrogen-bond donors (Lipinski definition) is 2. The van der Waals surface area contributed by atoms with Crippen LogP contribution in [0.15, 0.2) is 23.5 Å². The van der Waals surface area contributed by atoms with Crippen LogP contribution in [0.5, 0.6) is 0 Å². The van der Waals surface area contributed by atoms with Crippen molar-refractivity contribution in [2.24, 2.45) is 0 Å². The van der Waals surface area contributed by atoms with Crippen molar-refractivity contribution in [3.05, 3.63) is 57.5 Å². The van der Waals surface area contributed by atoms with E-state index in [-0.39, 0.29) is 5.56 Å². The number of imidazole rings is 1. The largest absolute Gasteiger partial charge is 0.345 e. The molecule has 8 heteroatoms. The Bertz CT molecular complexity index is 941. The van der Waals surface area contributed by atoms with E-state index in [9.17, 15) is 4.79 Å². The molecule has 4 heterocycles. The lowest BCUT2D eigenvalue weighted by molar-refractivity contribution is 0.236. The third-order valence-corrected chi connectivity index (χ3v) is 4.53. The minimum atomic E-state index is -0.0969. The third-order valence-electron chi connectivity index (χ3n) is 4.53. The number of aryl methyl sites for hydroxylation is 2. The summed E-state index contributed by atoms with van der Waals surface area (Å²) in [5.74, 6) is 1.45. The first kappa shape index (κ1) is 15.6. The van der Waals surface area contributed by atoms with Gasteiger partial charge >= 0.3 is 0 Å². The van der Waals surface area contributed by atoms with E-state index in [2.05, 4.69) is 34.8 Å². The highest BCUT2D eigenvalue weighted by Crippen LogP contribution is 2.19. The molecule has 1 aliphatic heterocycles. The zero-order chi connectivity index (χ0) is 17.4. The highest BCUT2D eigenvalue weighted by atomic mass is 16.1. The maximum Gasteiger partial charge on any atom is 0.255 e. The molecule has 0 unspecified atom stereocenters. The summed E-state index contributed by atoms with van der Waals surface area (Å²) >= 11 is 0. The summed E-state index contributed by atoms with van der Waals surface area (Å²) in [5.41, 5.74) is 4.30. The van der Waals surface area contributed by atoms with Gasteiger partial charge < -0.3 is 9.97 Å². The molecule has 0 amide bonds. The van der Waals surface area contributed by atoms with Gasteiger partial charge in [-0.3, -0.25) is 9.69 Å². The lowest BCUT2D eigenvalue weighted by atomic mass is 10.1. The molecule has 0 aliphatic carbocycles. The third kappa shape index (κ3) is 3.08. The molecule has 0 fully saturated rings. The van der Waals surface area contributed by atoms with Crippen molar-refractivity contribution in [2.75, 3.05) is 6.54 Å². The van der Waals surface area contributed by atoms with Crippen LogP contribution in [0, 0.1) is 13.8 Å². The van der Waals surface area contributed by atoms with Crippen LogP contribution < -0.4 is 5.56 Å². The summed E-state index contributed by atoms with van der Waals surface area (Å²) in [7, 11) is 0. The summed E-state index contributed by atoms with van der Waals surface area (Å²) in [6.45, 7) is 6.11. The molecular formula is C17H19N7O. The van der Waals surface area contributed by atoms with Crippen molar-refractivity contribution < 1.29 is 0 Å². The topological polar surface area (TPSA) is 103 Å². The van der Waals surface area contributed by atoms with Crippen molar-refractivity contribution in [1.29, 1.82) is 0 Å². The summed E-state index contributed by atoms with van der Waals surface area (Å²) in [6, 6.07) is 0. The molecular weight excluding hydrogens is 318 g/mol. The van der Waals surface area contributed by atoms with E-state index in [1.165, 1.54) is 6.33 Å². The number of aromatic amines is 2. The van der Waals surface area contributed by atoms with E-state index in [4.69, 9.17) is 0 Å². The number of H-pyrrole nitrogens is 2. The number of aromatic nitrogens is 6. The van der Waals surface area contributed by atoms with Crippen molar-refractivity contribution in [3.63, 3.8) is 0 Å². The van der Waals surface area contributed by atoms with Crippen molar-refractivity contribution in [2.45, 2.75) is 33.4 Å². The summed E-state index contributed by atoms with van der Waals surface area (Å²) in [6.07, 6.45) is 5.48. The van der Waals surface area contributed by atoms with Crippen molar-refractivity contribution >= 4 is 0 Å². The Balaban J connectivity index is 1.58. The van der Waals surface area contributed by atoms with Gasteiger partial charge in [-0.1, -0.05) is 0 Å². The molecule has 2 N–H and O–H groups in total. The van der Waals surface area contributed by atoms with E-state index in [1.807, 2.05) is 13.8 Å². The Hall–Kier alpha value is -2.87. The molecule has 0 spiro atoms. The average Bonchev–Trinajstić information content (AvgIpc) is 2.93. The van der Waals surface area contributed by atoms with Gasteiger partial charge in [-0.15, -0.1) is 0 Å². The fourth-order valence-electron chi connectivity index (χ4n) is 3.08. The summed E-state index contributed by atoms with van der Waals surface area (Å²) in [4.78, 5) is 38.0. The molecule has 0 saturated heterocycles. The predicted molar refractivity (Wildman–Crippen MR) is 91.8 cm³/mol. The number of hydrogen-bond acceptors (Lipinski definition) is 6. The molecule has 0 radical (unpaired) electrons. The van der Waals surface area contributed by atoms with E-state index < -0.39 is 0 Å². The highest BCUT2D eigenvalue weighted by Gasteiger charge is 2.22. The second-order valence-electron chi connectivity index (χ2n) is 6.32. The van der Waals surface area contributed by atoms with Gasteiger partial charge in [0.15, 0.2) is 0 Å². The normalized spacial score (nSPS) is 14.5. The van der Waals surface area contributed by atoms with Crippen LogP contribution in [-0.4, -0.2) is 41.3 Å². The van der Waals surface area contributed by atoms with Crippen LogP contribution in [0.2, 0.25) is 0 Å². The van der Waals surface area contributed by atoms with Gasteiger partial charge in [-0.2, -0.15) is 0 Å². The van der Waals surface area contributed by atoms with Gasteiger partial charge in [0, 0.05) is 37.6 Å². The molecule has 0 atom stereocenters. The van der Waals surface area contributed by atoms with E-state index >= 15 is 0 Å². The van der Waals surface area contributed by atoms with Crippen molar-refractivity contribution in [1.82, 2.24) is 34.8 Å². The summed E-state index contributed by atoms with van der Waals surface area (Å²) < 4.78 is 0. The Morgan fingerprint density at radius 3 is 2.68 bits per heavy atom. The monoisotopic (exact) mass is 337 g/mol. The van der Waals surface area contributed by atoms with Crippen LogP contribution in [0.1, 0.15) is 28.5 Å². The minimum absolute atomic E-state index is 0.0969. The van der Waals surface area contributed by atoms with Crippen LogP contribution in [-0.2, 0) is 19.5 Å². The molecule has 128 valence electrons. The lowest BCUT2D eigenvalue weighted by Crippen LogP contribution is -2.35. The Labute approximate surface area is 144 Å². The van der Waals surface area contributed by atoms with Crippen LogP contribution in [0.4, 0.5) is 0 Å². The van der Waals surface area contributed by atoms with Crippen LogP contribution >= 0.6 is 0 Å². The first-order valence-corrected chi connectivity index (χ1v) is 8.22. The number of fused-ring (bicyclic) bond motifs is 1. The Morgan fingerprint density at radius 2 is 1.96 bits per heavy atom. The van der Waals surface area contributed by atoms with E-state index in [1.54, 1.807) is 12.4 Å². The quantitative estimate of drug-likeness (QED) is 0.742. The lowest BCUT2D eigenvalue weighted by Gasteiger charge is -2.26. The molecule has 8 nitrogen and oxygen atoms in total. The second kappa shape index (κ2) is 6.21. The summed E-state index contributed by atoms with van der Waals surface area (Å²) in [5, 5.41) is 0. The number of nitrogens with zero attached hydrogens (tertiary/aromatic N) is 5. The van der Waals surface area contributed by atoms with Crippen molar-refractivity contribution in [3.8, 4) is 11.4 Å². The molecule has 4 rings (SSSR count). The zero-order valence-corrected chi connectivity index (χ0v) is 14.2. The Morgan fingerprint density at radius 1 is 1.16 bits per heavy atom. The highest BCUT2D eigenvalue weighted by molar-refractivity contribution is 5.52. The van der Waals surface area contributed by atoms with Gasteiger partial charge in [0.05, 0.1) is 29.1 Å². The number of rotatable bonds is 3. The maximum atomic E-state index is 12.5. The number of nitrogens with one attached hydrogen (secondary N) is 2. The van der Waals surface area contributed by atoms with Crippen LogP contribution in [0.3, 0.4) is 0 Å². The first-order valence-electron chi connectivity index (χ1n) is 8.22. The van der Waals surface area contributed by atoms with E-state index in [0.29, 0.717) is 24.5 Å². The standard InChI is InChI=1S/C17H19N7O/c1-10-11(2)21-15(20-10)8-24-4-3-14-13(7-24)17(25)23-16(22-14)12-5-18-9-19-6-12/h5-6,9H,3-4,7-8H2,1-2H3,(H,20,21)(H,22,23,25). The average molecular weight is 337 g/mol. The van der Waals surface area contributed by atoms with Gasteiger partial charge in [0.25, 0.3) is 5.56 Å². The zero-order valence-electron chi connectivity index (χ0n) is 14.2. The minimum Gasteiger partial charge on any atom is -0.345 e. The van der Waals surface area contributed by atoms with Gasteiger partial charge in [-0.05, 0) is 13.8 Å². The Kier molecular flexibility index (Phi) is 3.89. The molecule has 25 heavy (non-hydrogen) atoms. The first-order chi connectivity index (χ1) is 12.1. The molecule has 3 aromatic heterocycles. The fraction of sp³-hybridized carbons (Fsp3) is 0.353. The molecule has 0 bridgehead atoms. The van der Waals surface area contributed by atoms with E-state index in [0.717, 1.165) is 41.4 Å². The predicted octanol–water partition coefficient (Wildman–Crippen LogP) is 1.13. The molecule has 0 aromatic carbocycles. The molecule has 0 saturated carbocycles. The molecule has 1 aliphatic rings. The van der Waals surface area contributed by atoms with Crippen LogP contribution in [0.25, 0.3) is 11.4 Å². The second-order valence-corrected chi connectivity index (χ2v) is 6.32. The smallest absolute Gasteiger partial charge is 0.255 e. The van der Waals surface area contributed by atoms with Gasteiger partial charge in [-0.25, -0.2) is 19.9 Å². The molecule has 3 aromatic rings. The van der Waals surface area contributed by atoms with Gasteiger partial charge in [0.1, 0.15) is 18.0 Å².